The van der Waals surface area contributed by atoms with E-state index in [4.69, 9.17) is 0 Å². The molecule has 158 valence electrons. The molecular formula is C21H26O8. The van der Waals surface area contributed by atoms with Crippen molar-refractivity contribution in [1.82, 2.24) is 0 Å². The van der Waals surface area contributed by atoms with Gasteiger partial charge in [-0.3, -0.25) is 19.2 Å². The number of carboxylic acid groups (broad SMARTS) is 4. The first-order valence-electron chi connectivity index (χ1n) is 10.5. The molecule has 6 fully saturated rings. The Hall–Kier alpha value is -2.12. The van der Waals surface area contributed by atoms with Crippen LogP contribution in [0.3, 0.4) is 0 Å². The second kappa shape index (κ2) is 5.73. The Morgan fingerprint density at radius 1 is 0.621 bits per heavy atom. The third kappa shape index (κ3) is 2.20. The van der Waals surface area contributed by atoms with Crippen LogP contribution in [0.25, 0.3) is 0 Å². The van der Waals surface area contributed by atoms with Crippen LogP contribution in [0.4, 0.5) is 0 Å². The molecule has 6 rings (SSSR count). The van der Waals surface area contributed by atoms with Crippen LogP contribution in [0.15, 0.2) is 0 Å². The molecule has 8 heteroatoms. The van der Waals surface area contributed by atoms with Crippen LogP contribution in [0.2, 0.25) is 0 Å². The van der Waals surface area contributed by atoms with Crippen molar-refractivity contribution in [1.29, 1.82) is 0 Å². The highest BCUT2D eigenvalue weighted by Gasteiger charge is 2.74. The maximum Gasteiger partial charge on any atom is 0.309 e. The van der Waals surface area contributed by atoms with Gasteiger partial charge in [0.2, 0.25) is 0 Å². The van der Waals surface area contributed by atoms with Crippen LogP contribution >= 0.6 is 0 Å². The maximum absolute atomic E-state index is 12.6. The summed E-state index contributed by atoms with van der Waals surface area (Å²) in [4.78, 5) is 48.8. The summed E-state index contributed by atoms with van der Waals surface area (Å²) in [5.41, 5.74) is -2.25. The average molecular weight is 406 g/mol. The highest BCUT2D eigenvalue weighted by atomic mass is 16.4. The summed E-state index contributed by atoms with van der Waals surface area (Å²) >= 11 is 0. The van der Waals surface area contributed by atoms with Crippen molar-refractivity contribution < 1.29 is 39.6 Å². The van der Waals surface area contributed by atoms with Crippen molar-refractivity contribution >= 4 is 23.9 Å². The molecule has 6 saturated carbocycles. The number of carboxylic acids is 4. The Balaban J connectivity index is 1.61. The predicted octanol–water partition coefficient (Wildman–Crippen LogP) is 2.03. The van der Waals surface area contributed by atoms with E-state index in [1.165, 1.54) is 0 Å². The van der Waals surface area contributed by atoms with E-state index in [1.54, 1.807) is 0 Å². The van der Waals surface area contributed by atoms with Gasteiger partial charge in [-0.25, -0.2) is 0 Å². The summed E-state index contributed by atoms with van der Waals surface area (Å²) in [6.45, 7) is 0. The SMILES string of the molecule is O=C(O)[C@@H]1C2CC(C3C4(C(=O)O)CC5CC(C4)CC3(C(=O)O)C5)C(C2)[C@@H]1C(=O)O. The van der Waals surface area contributed by atoms with Crippen LogP contribution in [0.5, 0.6) is 0 Å². The molecule has 6 aliphatic carbocycles. The number of fused-ring (bicyclic) bond motifs is 2. The summed E-state index contributed by atoms with van der Waals surface area (Å²) in [5, 5.41) is 39.9. The van der Waals surface area contributed by atoms with Crippen molar-refractivity contribution in [2.24, 2.45) is 58.2 Å². The molecule has 5 atom stereocenters. The van der Waals surface area contributed by atoms with Gasteiger partial charge in [-0.15, -0.1) is 0 Å². The number of hydrogen-bond acceptors (Lipinski definition) is 4. The fraction of sp³-hybridized carbons (Fsp3) is 0.810. The lowest BCUT2D eigenvalue weighted by atomic mass is 9.36. The van der Waals surface area contributed by atoms with Crippen molar-refractivity contribution in [2.75, 3.05) is 0 Å². The van der Waals surface area contributed by atoms with Crippen molar-refractivity contribution in [2.45, 2.75) is 44.9 Å². The number of hydrogen-bond donors (Lipinski definition) is 4. The Morgan fingerprint density at radius 3 is 1.48 bits per heavy atom. The number of carbonyl (C=O) groups is 4. The molecule has 0 aliphatic heterocycles. The Bertz CT molecular complexity index is 769. The average Bonchev–Trinajstić information content (AvgIpc) is 3.18. The summed E-state index contributed by atoms with van der Waals surface area (Å²) in [5.74, 6) is -7.80. The summed E-state index contributed by atoms with van der Waals surface area (Å²) in [6.07, 6.45) is 3.60. The molecule has 0 aromatic heterocycles. The van der Waals surface area contributed by atoms with Crippen molar-refractivity contribution in [3.63, 3.8) is 0 Å². The van der Waals surface area contributed by atoms with Gasteiger partial charge in [0.1, 0.15) is 0 Å². The minimum atomic E-state index is -1.16. The van der Waals surface area contributed by atoms with Crippen LogP contribution in [-0.2, 0) is 19.2 Å². The second-order valence-corrected chi connectivity index (χ2v) is 10.5. The molecule has 8 nitrogen and oxygen atoms in total. The van der Waals surface area contributed by atoms with E-state index in [-0.39, 0.29) is 23.7 Å². The van der Waals surface area contributed by atoms with Gasteiger partial charge >= 0.3 is 23.9 Å². The largest absolute Gasteiger partial charge is 0.481 e. The molecule has 6 bridgehead atoms. The zero-order chi connectivity index (χ0) is 20.9. The van der Waals surface area contributed by atoms with Gasteiger partial charge in [0.15, 0.2) is 0 Å². The Kier molecular flexibility index (Phi) is 3.73. The van der Waals surface area contributed by atoms with Gasteiger partial charge in [-0.1, -0.05) is 0 Å². The lowest BCUT2D eigenvalue weighted by Crippen LogP contribution is -2.66. The molecule has 0 spiro atoms. The lowest BCUT2D eigenvalue weighted by molar-refractivity contribution is -0.222. The monoisotopic (exact) mass is 406 g/mol. The van der Waals surface area contributed by atoms with E-state index >= 15 is 0 Å². The molecule has 0 heterocycles. The minimum absolute atomic E-state index is 0.0894. The Morgan fingerprint density at radius 2 is 1.07 bits per heavy atom. The van der Waals surface area contributed by atoms with Gasteiger partial charge in [-0.05, 0) is 80.5 Å². The highest BCUT2D eigenvalue weighted by Crippen LogP contribution is 2.73. The number of aliphatic carboxylic acids is 4. The molecule has 0 radical (unpaired) electrons. The fourth-order valence-electron chi connectivity index (χ4n) is 9.13. The Labute approximate surface area is 167 Å². The first-order chi connectivity index (χ1) is 13.6. The van der Waals surface area contributed by atoms with Crippen LogP contribution in [0, 0.1) is 58.2 Å². The van der Waals surface area contributed by atoms with Crippen LogP contribution < -0.4 is 0 Å². The van der Waals surface area contributed by atoms with Gasteiger partial charge in [0.05, 0.1) is 22.7 Å². The third-order valence-corrected chi connectivity index (χ3v) is 9.38. The van der Waals surface area contributed by atoms with Gasteiger partial charge < -0.3 is 20.4 Å². The summed E-state index contributed by atoms with van der Waals surface area (Å²) < 4.78 is 0. The molecular weight excluding hydrogens is 380 g/mol. The highest BCUT2D eigenvalue weighted by molar-refractivity contribution is 5.83. The molecule has 0 amide bonds. The smallest absolute Gasteiger partial charge is 0.309 e. The van der Waals surface area contributed by atoms with Crippen LogP contribution in [0.1, 0.15) is 44.9 Å². The van der Waals surface area contributed by atoms with Gasteiger partial charge in [0.25, 0.3) is 0 Å². The van der Waals surface area contributed by atoms with Crippen molar-refractivity contribution in [3.8, 4) is 0 Å². The maximum atomic E-state index is 12.6. The fourth-order valence-corrected chi connectivity index (χ4v) is 9.13. The van der Waals surface area contributed by atoms with E-state index in [2.05, 4.69) is 0 Å². The molecule has 6 aliphatic rings. The standard InChI is InChI=1S/C21H26O8/c22-16(23)13-10-2-11(14(13)17(24)25)12(3-10)15-20(18(26)27)4-8-1-9(6-20)7-21(15,5-8)19(28)29/h8-15H,1-7H2,(H,22,23)(H,24,25)(H,26,27)(H,28,29)/t8?,9?,10?,11?,12?,13-,14+,15?,20?,21?/m1/s1. The molecule has 3 unspecified atom stereocenters. The van der Waals surface area contributed by atoms with E-state index in [1.807, 2.05) is 0 Å². The normalized spacial score (nSPS) is 51.9. The zero-order valence-electron chi connectivity index (χ0n) is 16.0. The predicted molar refractivity (Wildman–Crippen MR) is 95.6 cm³/mol. The minimum Gasteiger partial charge on any atom is -0.481 e. The van der Waals surface area contributed by atoms with E-state index < -0.39 is 58.4 Å². The molecule has 0 saturated heterocycles. The summed E-state index contributed by atoms with van der Waals surface area (Å²) in [7, 11) is 0. The second-order valence-electron chi connectivity index (χ2n) is 10.5. The van der Waals surface area contributed by atoms with Crippen molar-refractivity contribution in [3.05, 3.63) is 0 Å². The van der Waals surface area contributed by atoms with E-state index in [0.29, 0.717) is 38.5 Å². The quantitative estimate of drug-likeness (QED) is 0.542. The lowest BCUT2D eigenvalue weighted by Gasteiger charge is -2.65. The zero-order valence-corrected chi connectivity index (χ0v) is 16.0. The first kappa shape index (κ1) is 18.9. The molecule has 29 heavy (non-hydrogen) atoms. The van der Waals surface area contributed by atoms with Gasteiger partial charge in [-0.2, -0.15) is 0 Å². The topological polar surface area (TPSA) is 149 Å². The van der Waals surface area contributed by atoms with E-state index in [9.17, 15) is 39.6 Å². The molecule has 0 aromatic rings. The summed E-state index contributed by atoms with van der Waals surface area (Å²) in [6, 6.07) is 0. The van der Waals surface area contributed by atoms with E-state index in [0.717, 1.165) is 6.42 Å². The van der Waals surface area contributed by atoms with Crippen LogP contribution in [-0.4, -0.2) is 44.3 Å². The van der Waals surface area contributed by atoms with Gasteiger partial charge in [0, 0.05) is 0 Å². The third-order valence-electron chi connectivity index (χ3n) is 9.38. The molecule has 0 aromatic carbocycles. The molecule has 4 N–H and O–H groups in total. The first-order valence-corrected chi connectivity index (χ1v) is 10.5. The number of rotatable bonds is 5.